The Morgan fingerprint density at radius 2 is 1.78 bits per heavy atom. The third-order valence-electron chi connectivity index (χ3n) is 3.14. The van der Waals surface area contributed by atoms with Crippen LogP contribution < -0.4 is 5.32 Å². The minimum absolute atomic E-state index is 0.336. The van der Waals surface area contributed by atoms with Crippen molar-refractivity contribution in [2.45, 2.75) is 39.7 Å². The summed E-state index contributed by atoms with van der Waals surface area (Å²) in [7, 11) is 3.78. The van der Waals surface area contributed by atoms with E-state index in [0.29, 0.717) is 11.5 Å². The summed E-state index contributed by atoms with van der Waals surface area (Å²) >= 11 is 0. The fraction of sp³-hybridized carbons (Fsp3) is 0.625. The van der Waals surface area contributed by atoms with Gasteiger partial charge in [-0.2, -0.15) is 0 Å². The van der Waals surface area contributed by atoms with Crippen LogP contribution in [0.1, 0.15) is 44.4 Å². The second kappa shape index (κ2) is 6.91. The lowest BCUT2D eigenvalue weighted by atomic mass is 9.85. The topological polar surface area (TPSA) is 21.3 Å². The third kappa shape index (κ3) is 5.19. The maximum Gasteiger partial charge on any atom is 0.0502 e. The zero-order valence-corrected chi connectivity index (χ0v) is 12.4. The van der Waals surface area contributed by atoms with Crippen LogP contribution in [0.4, 0.5) is 0 Å². The molecule has 1 atom stereocenters. The molecule has 0 aliphatic heterocycles. The first-order chi connectivity index (χ1) is 8.46. The summed E-state index contributed by atoms with van der Waals surface area (Å²) in [6.45, 7) is 7.63. The van der Waals surface area contributed by atoms with Crippen LogP contribution in [0.25, 0.3) is 0 Å². The molecule has 0 heterocycles. The van der Waals surface area contributed by atoms with Crippen molar-refractivity contribution in [2.24, 2.45) is 5.41 Å². The van der Waals surface area contributed by atoms with Crippen molar-refractivity contribution in [3.05, 3.63) is 35.4 Å². The highest BCUT2D eigenvalue weighted by molar-refractivity contribution is 5.25. The molecule has 1 rings (SSSR count). The molecule has 2 nitrogen and oxygen atoms in total. The van der Waals surface area contributed by atoms with Crippen LogP contribution in [0.3, 0.4) is 0 Å². The summed E-state index contributed by atoms with van der Waals surface area (Å²) in [5, 5.41) is 3.41. The van der Waals surface area contributed by atoms with Crippen molar-refractivity contribution in [1.82, 2.24) is 5.32 Å². The quantitative estimate of drug-likeness (QED) is 0.832. The van der Waals surface area contributed by atoms with Crippen molar-refractivity contribution < 1.29 is 4.74 Å². The predicted octanol–water partition coefficient (Wildman–Crippen LogP) is 3.57. The Labute approximate surface area is 112 Å². The normalized spacial score (nSPS) is 13.6. The highest BCUT2D eigenvalue weighted by Crippen LogP contribution is 2.29. The summed E-state index contributed by atoms with van der Waals surface area (Å²) < 4.78 is 5.10. The molecular formula is C16H27NO. The lowest BCUT2D eigenvalue weighted by molar-refractivity contribution is 0.202. The van der Waals surface area contributed by atoms with Gasteiger partial charge in [-0.05, 0) is 36.4 Å². The van der Waals surface area contributed by atoms with Gasteiger partial charge in [-0.3, -0.25) is 0 Å². The van der Waals surface area contributed by atoms with E-state index in [1.54, 1.807) is 7.11 Å². The summed E-state index contributed by atoms with van der Waals surface area (Å²) in [6, 6.07) is 9.32. The Hall–Kier alpha value is -0.860. The van der Waals surface area contributed by atoms with Gasteiger partial charge in [0.05, 0.1) is 6.61 Å². The Morgan fingerprint density at radius 3 is 2.22 bits per heavy atom. The molecule has 0 aromatic heterocycles. The number of rotatable bonds is 6. The molecule has 0 amide bonds. The van der Waals surface area contributed by atoms with Crippen LogP contribution in [0.5, 0.6) is 0 Å². The molecular weight excluding hydrogens is 222 g/mol. The molecule has 18 heavy (non-hydrogen) atoms. The molecule has 0 bridgehead atoms. The summed E-state index contributed by atoms with van der Waals surface area (Å²) in [4.78, 5) is 0. The lowest BCUT2D eigenvalue weighted by Gasteiger charge is -2.26. The van der Waals surface area contributed by atoms with Crippen molar-refractivity contribution in [1.29, 1.82) is 0 Å². The fourth-order valence-corrected chi connectivity index (χ4v) is 2.14. The average Bonchev–Trinajstić information content (AvgIpc) is 2.33. The van der Waals surface area contributed by atoms with E-state index in [2.05, 4.69) is 50.4 Å². The maximum absolute atomic E-state index is 5.10. The van der Waals surface area contributed by atoms with Gasteiger partial charge in [0.15, 0.2) is 0 Å². The number of hydrogen-bond donors (Lipinski definition) is 1. The van der Waals surface area contributed by atoms with Gasteiger partial charge in [0.2, 0.25) is 0 Å². The summed E-state index contributed by atoms with van der Waals surface area (Å²) in [6.07, 6.45) is 2.13. The molecule has 0 spiro atoms. The number of ether oxygens (including phenoxy) is 1. The maximum atomic E-state index is 5.10. The Bertz CT molecular complexity index is 337. The number of nitrogens with one attached hydrogen (secondary N) is 1. The zero-order valence-electron chi connectivity index (χ0n) is 12.4. The second-order valence-corrected chi connectivity index (χ2v) is 6.09. The van der Waals surface area contributed by atoms with Gasteiger partial charge in [0, 0.05) is 13.2 Å². The van der Waals surface area contributed by atoms with Crippen LogP contribution in [0.15, 0.2) is 24.3 Å². The van der Waals surface area contributed by atoms with E-state index in [9.17, 15) is 0 Å². The Morgan fingerprint density at radius 1 is 1.17 bits per heavy atom. The Balaban J connectivity index is 2.69. The molecule has 1 unspecified atom stereocenters. The van der Waals surface area contributed by atoms with Crippen LogP contribution in [0.2, 0.25) is 0 Å². The van der Waals surface area contributed by atoms with Crippen LogP contribution in [0, 0.1) is 5.41 Å². The van der Waals surface area contributed by atoms with Crippen molar-refractivity contribution in [3.63, 3.8) is 0 Å². The number of hydrogen-bond acceptors (Lipinski definition) is 2. The molecule has 1 aromatic rings. The van der Waals surface area contributed by atoms with Gasteiger partial charge in [-0.15, -0.1) is 0 Å². The lowest BCUT2D eigenvalue weighted by Crippen LogP contribution is -2.22. The van der Waals surface area contributed by atoms with Gasteiger partial charge >= 0.3 is 0 Å². The minimum atomic E-state index is 0.336. The average molecular weight is 249 g/mol. The largest absolute Gasteiger partial charge is 0.384 e. The molecule has 0 fully saturated rings. The highest BCUT2D eigenvalue weighted by atomic mass is 16.5. The molecule has 0 saturated carbocycles. The van der Waals surface area contributed by atoms with E-state index in [1.165, 1.54) is 11.1 Å². The highest BCUT2D eigenvalue weighted by Gasteiger charge is 2.18. The first-order valence-corrected chi connectivity index (χ1v) is 6.71. The van der Waals surface area contributed by atoms with Crippen LogP contribution in [-0.2, 0) is 11.2 Å². The molecule has 0 aliphatic carbocycles. The standard InChI is InChI=1S/C16H27NO/c1-16(2,3)12-15(17-4)14-8-6-13(7-9-14)10-11-18-5/h6-9,15,17H,10-12H2,1-5H3. The van der Waals surface area contributed by atoms with Crippen molar-refractivity contribution in [3.8, 4) is 0 Å². The molecule has 2 heteroatoms. The summed E-state index contributed by atoms with van der Waals surface area (Å²) in [5.74, 6) is 0. The smallest absolute Gasteiger partial charge is 0.0502 e. The molecule has 1 N–H and O–H groups in total. The number of benzene rings is 1. The van der Waals surface area contributed by atoms with Crippen molar-refractivity contribution >= 4 is 0 Å². The summed E-state index contributed by atoms with van der Waals surface area (Å²) in [5.41, 5.74) is 3.04. The molecule has 0 saturated heterocycles. The van der Waals surface area contributed by atoms with Gasteiger partial charge in [-0.1, -0.05) is 45.0 Å². The van der Waals surface area contributed by atoms with Gasteiger partial charge < -0.3 is 10.1 Å². The molecule has 1 aromatic carbocycles. The van der Waals surface area contributed by atoms with E-state index in [-0.39, 0.29) is 0 Å². The van der Waals surface area contributed by atoms with Crippen LogP contribution in [-0.4, -0.2) is 20.8 Å². The SMILES string of the molecule is CNC(CC(C)(C)C)c1ccc(CCOC)cc1. The van der Waals surface area contributed by atoms with E-state index >= 15 is 0 Å². The van der Waals surface area contributed by atoms with E-state index in [0.717, 1.165) is 19.4 Å². The first-order valence-electron chi connectivity index (χ1n) is 6.71. The molecule has 102 valence electrons. The Kier molecular flexibility index (Phi) is 5.83. The van der Waals surface area contributed by atoms with Gasteiger partial charge in [-0.25, -0.2) is 0 Å². The predicted molar refractivity (Wildman–Crippen MR) is 77.9 cm³/mol. The second-order valence-electron chi connectivity index (χ2n) is 6.09. The van der Waals surface area contributed by atoms with Gasteiger partial charge in [0.1, 0.15) is 0 Å². The number of methoxy groups -OCH3 is 1. The molecule has 0 aliphatic rings. The fourth-order valence-electron chi connectivity index (χ4n) is 2.14. The molecule has 0 radical (unpaired) electrons. The van der Waals surface area contributed by atoms with E-state index in [1.807, 2.05) is 7.05 Å². The first kappa shape index (κ1) is 15.2. The van der Waals surface area contributed by atoms with Gasteiger partial charge in [0.25, 0.3) is 0 Å². The van der Waals surface area contributed by atoms with E-state index < -0.39 is 0 Å². The third-order valence-corrected chi connectivity index (χ3v) is 3.14. The van der Waals surface area contributed by atoms with Crippen LogP contribution >= 0.6 is 0 Å². The van der Waals surface area contributed by atoms with Crippen molar-refractivity contribution in [2.75, 3.05) is 20.8 Å². The van der Waals surface area contributed by atoms with E-state index in [4.69, 9.17) is 4.74 Å². The minimum Gasteiger partial charge on any atom is -0.384 e. The monoisotopic (exact) mass is 249 g/mol. The zero-order chi connectivity index (χ0) is 13.6.